The Morgan fingerprint density at radius 1 is 1.14 bits per heavy atom. The van der Waals surface area contributed by atoms with Crippen LogP contribution in [0.4, 0.5) is 5.69 Å². The first kappa shape index (κ1) is 14.2. The molecule has 114 valence electrons. The van der Waals surface area contributed by atoms with Gasteiger partial charge in [-0.25, -0.2) is 0 Å². The largest absolute Gasteiger partial charge is 0.508 e. The third kappa shape index (κ3) is 3.29. The van der Waals surface area contributed by atoms with Crippen molar-refractivity contribution in [3.63, 3.8) is 0 Å². The number of hydrogen-bond acceptors (Lipinski definition) is 4. The second kappa shape index (κ2) is 6.35. The smallest absolute Gasteiger partial charge is 0.227 e. The highest BCUT2D eigenvalue weighted by Gasteiger charge is 2.28. The Hall–Kier alpha value is -1.75. The summed E-state index contributed by atoms with van der Waals surface area (Å²) in [6.45, 7) is 5.16. The number of amides is 1. The van der Waals surface area contributed by atoms with E-state index in [0.29, 0.717) is 5.91 Å². The van der Waals surface area contributed by atoms with Gasteiger partial charge in [0, 0.05) is 38.4 Å². The maximum Gasteiger partial charge on any atom is 0.227 e. The lowest BCUT2D eigenvalue weighted by Gasteiger charge is -2.38. The SMILES string of the molecule is O=C(C1CCCNC1)N1CCN(c2ccc(O)cc2)CC1. The van der Waals surface area contributed by atoms with Crippen molar-refractivity contribution in [2.24, 2.45) is 5.92 Å². The minimum atomic E-state index is 0.166. The second-order valence-corrected chi connectivity index (χ2v) is 5.87. The summed E-state index contributed by atoms with van der Waals surface area (Å²) in [7, 11) is 0. The number of nitrogens with one attached hydrogen (secondary N) is 1. The monoisotopic (exact) mass is 289 g/mol. The molecule has 0 aliphatic carbocycles. The Balaban J connectivity index is 1.54. The Morgan fingerprint density at radius 2 is 1.86 bits per heavy atom. The predicted octanol–water partition coefficient (Wildman–Crippen LogP) is 1.04. The van der Waals surface area contributed by atoms with E-state index in [-0.39, 0.29) is 11.7 Å². The highest BCUT2D eigenvalue weighted by molar-refractivity contribution is 5.79. The molecule has 1 atom stereocenters. The number of phenols is 1. The van der Waals surface area contributed by atoms with Crippen LogP contribution >= 0.6 is 0 Å². The molecule has 5 heteroatoms. The van der Waals surface area contributed by atoms with Gasteiger partial charge in [-0.2, -0.15) is 0 Å². The van der Waals surface area contributed by atoms with Gasteiger partial charge >= 0.3 is 0 Å². The van der Waals surface area contributed by atoms with E-state index in [1.165, 1.54) is 0 Å². The molecule has 2 aliphatic rings. The number of anilines is 1. The van der Waals surface area contributed by atoms with Gasteiger partial charge in [-0.3, -0.25) is 4.79 Å². The van der Waals surface area contributed by atoms with E-state index in [1.54, 1.807) is 12.1 Å². The van der Waals surface area contributed by atoms with E-state index in [0.717, 1.165) is 57.8 Å². The summed E-state index contributed by atoms with van der Waals surface area (Å²) < 4.78 is 0. The fourth-order valence-corrected chi connectivity index (χ4v) is 3.17. The minimum Gasteiger partial charge on any atom is -0.508 e. The van der Waals surface area contributed by atoms with Crippen LogP contribution in [0.5, 0.6) is 5.75 Å². The van der Waals surface area contributed by atoms with Crippen LogP contribution in [0.3, 0.4) is 0 Å². The zero-order valence-corrected chi connectivity index (χ0v) is 12.3. The molecule has 0 bridgehead atoms. The first-order valence-electron chi connectivity index (χ1n) is 7.77. The van der Waals surface area contributed by atoms with Crippen molar-refractivity contribution < 1.29 is 9.90 Å². The van der Waals surface area contributed by atoms with Gasteiger partial charge in [-0.1, -0.05) is 0 Å². The van der Waals surface area contributed by atoms with Crippen molar-refractivity contribution in [3.8, 4) is 5.75 Å². The number of carbonyl (C=O) groups is 1. The molecule has 1 aromatic rings. The van der Waals surface area contributed by atoms with E-state index in [9.17, 15) is 9.90 Å². The molecular weight excluding hydrogens is 266 g/mol. The van der Waals surface area contributed by atoms with Crippen molar-refractivity contribution in [2.45, 2.75) is 12.8 Å². The summed E-state index contributed by atoms with van der Waals surface area (Å²) in [5.41, 5.74) is 1.11. The van der Waals surface area contributed by atoms with Crippen LogP contribution in [0, 0.1) is 5.92 Å². The number of nitrogens with zero attached hydrogens (tertiary/aromatic N) is 2. The van der Waals surface area contributed by atoms with Crippen LogP contribution in [0.2, 0.25) is 0 Å². The molecule has 0 aromatic heterocycles. The van der Waals surface area contributed by atoms with Gasteiger partial charge in [0.15, 0.2) is 0 Å². The Bertz CT molecular complexity index is 475. The average molecular weight is 289 g/mol. The normalized spacial score (nSPS) is 23.1. The Morgan fingerprint density at radius 3 is 2.48 bits per heavy atom. The summed E-state index contributed by atoms with van der Waals surface area (Å²) in [6.07, 6.45) is 2.12. The van der Waals surface area contributed by atoms with Gasteiger partial charge in [0.05, 0.1) is 5.92 Å². The number of benzene rings is 1. The van der Waals surface area contributed by atoms with Gasteiger partial charge in [0.2, 0.25) is 5.91 Å². The van der Waals surface area contributed by atoms with E-state index in [1.807, 2.05) is 17.0 Å². The number of phenolic OH excluding ortho intramolecular Hbond substituents is 1. The molecule has 5 nitrogen and oxygen atoms in total. The Kier molecular flexibility index (Phi) is 4.29. The molecule has 2 heterocycles. The van der Waals surface area contributed by atoms with Crippen LogP contribution in [0.25, 0.3) is 0 Å². The molecule has 2 N–H and O–H groups in total. The van der Waals surface area contributed by atoms with Crippen LogP contribution in [-0.4, -0.2) is 55.2 Å². The third-order valence-corrected chi connectivity index (χ3v) is 4.45. The van der Waals surface area contributed by atoms with Crippen LogP contribution in [-0.2, 0) is 4.79 Å². The van der Waals surface area contributed by atoms with Gasteiger partial charge < -0.3 is 20.2 Å². The number of aromatic hydroxyl groups is 1. The topological polar surface area (TPSA) is 55.8 Å². The van der Waals surface area contributed by atoms with Gasteiger partial charge in [-0.05, 0) is 43.7 Å². The molecule has 0 radical (unpaired) electrons. The quantitative estimate of drug-likeness (QED) is 0.854. The highest BCUT2D eigenvalue weighted by Crippen LogP contribution is 2.21. The van der Waals surface area contributed by atoms with Crippen LogP contribution < -0.4 is 10.2 Å². The fourth-order valence-electron chi connectivity index (χ4n) is 3.17. The van der Waals surface area contributed by atoms with Crippen LogP contribution in [0.15, 0.2) is 24.3 Å². The van der Waals surface area contributed by atoms with Crippen molar-refractivity contribution in [3.05, 3.63) is 24.3 Å². The molecule has 1 amide bonds. The van der Waals surface area contributed by atoms with E-state index in [2.05, 4.69) is 10.2 Å². The van der Waals surface area contributed by atoms with E-state index in [4.69, 9.17) is 0 Å². The summed E-state index contributed by atoms with van der Waals surface area (Å²) in [4.78, 5) is 16.8. The third-order valence-electron chi connectivity index (χ3n) is 4.45. The lowest BCUT2D eigenvalue weighted by atomic mass is 9.98. The van der Waals surface area contributed by atoms with Crippen LogP contribution in [0.1, 0.15) is 12.8 Å². The molecule has 2 aliphatic heterocycles. The number of hydrogen-bond donors (Lipinski definition) is 2. The maximum absolute atomic E-state index is 12.5. The summed E-state index contributed by atoms with van der Waals surface area (Å²) in [6, 6.07) is 7.27. The first-order valence-corrected chi connectivity index (χ1v) is 7.77. The average Bonchev–Trinajstić information content (AvgIpc) is 2.56. The zero-order valence-electron chi connectivity index (χ0n) is 12.3. The van der Waals surface area contributed by atoms with Crippen molar-refractivity contribution >= 4 is 11.6 Å². The van der Waals surface area contributed by atoms with Gasteiger partial charge in [-0.15, -0.1) is 0 Å². The van der Waals surface area contributed by atoms with Crippen molar-refractivity contribution in [1.29, 1.82) is 0 Å². The zero-order chi connectivity index (χ0) is 14.7. The predicted molar refractivity (Wildman–Crippen MR) is 82.5 cm³/mol. The highest BCUT2D eigenvalue weighted by atomic mass is 16.3. The molecule has 1 unspecified atom stereocenters. The van der Waals surface area contributed by atoms with Gasteiger partial charge in [0.25, 0.3) is 0 Å². The molecule has 0 spiro atoms. The molecular formula is C16H23N3O2. The first-order chi connectivity index (χ1) is 10.2. The molecule has 3 rings (SSSR count). The number of rotatable bonds is 2. The lowest BCUT2D eigenvalue weighted by Crippen LogP contribution is -2.52. The lowest BCUT2D eigenvalue weighted by molar-refractivity contribution is -0.136. The van der Waals surface area contributed by atoms with Crippen molar-refractivity contribution in [1.82, 2.24) is 10.2 Å². The Labute approximate surface area is 125 Å². The van der Waals surface area contributed by atoms with E-state index < -0.39 is 0 Å². The summed E-state index contributed by atoms with van der Waals surface area (Å²) in [5, 5.41) is 12.6. The second-order valence-electron chi connectivity index (χ2n) is 5.87. The maximum atomic E-state index is 12.5. The number of piperazine rings is 1. The molecule has 2 saturated heterocycles. The molecule has 21 heavy (non-hydrogen) atoms. The number of piperidine rings is 1. The molecule has 2 fully saturated rings. The minimum absolute atomic E-state index is 0.166. The fraction of sp³-hybridized carbons (Fsp3) is 0.562. The molecule has 1 aromatic carbocycles. The number of carbonyl (C=O) groups excluding carboxylic acids is 1. The van der Waals surface area contributed by atoms with E-state index >= 15 is 0 Å². The summed E-state index contributed by atoms with van der Waals surface area (Å²) in [5.74, 6) is 0.767. The van der Waals surface area contributed by atoms with Crippen molar-refractivity contribution in [2.75, 3.05) is 44.2 Å². The van der Waals surface area contributed by atoms with Gasteiger partial charge in [0.1, 0.15) is 5.75 Å². The molecule has 0 saturated carbocycles. The standard InChI is InChI=1S/C16H23N3O2/c20-15-5-3-14(4-6-15)18-8-10-19(11-9-18)16(21)13-2-1-7-17-12-13/h3-6,13,17,20H,1-2,7-12H2. The summed E-state index contributed by atoms with van der Waals surface area (Å²) >= 11 is 0.